The molecule has 3 N–H and O–H groups in total. The summed E-state index contributed by atoms with van der Waals surface area (Å²) in [4.78, 5) is 24.1. The second-order valence-electron chi connectivity index (χ2n) is 8.98. The van der Waals surface area contributed by atoms with E-state index in [2.05, 4.69) is 16.0 Å². The highest BCUT2D eigenvalue weighted by Crippen LogP contribution is 2.17. The Morgan fingerprint density at radius 3 is 2.00 bits per heavy atom. The summed E-state index contributed by atoms with van der Waals surface area (Å²) in [6.45, 7) is 6.12. The lowest BCUT2D eigenvalue weighted by molar-refractivity contribution is -0.117. The lowest BCUT2D eigenvalue weighted by atomic mass is 9.98. The molecule has 0 radical (unpaired) electrons. The van der Waals surface area contributed by atoms with Gasteiger partial charge in [0.05, 0.1) is 0 Å². The van der Waals surface area contributed by atoms with Crippen LogP contribution in [0.15, 0.2) is 11.8 Å². The Morgan fingerprint density at radius 2 is 1.50 bits per heavy atom. The van der Waals surface area contributed by atoms with Crippen LogP contribution in [0, 0.1) is 11.3 Å². The molecule has 7 nitrogen and oxygen atoms in total. The zero-order valence-electron chi connectivity index (χ0n) is 19.0. The van der Waals surface area contributed by atoms with Gasteiger partial charge in [-0.15, -0.1) is 0 Å². The first kappa shape index (κ1) is 25.8. The Bertz CT molecular complexity index is 578. The van der Waals surface area contributed by atoms with Crippen molar-refractivity contribution >= 4 is 12.0 Å². The third kappa shape index (κ3) is 13.1. The predicted molar refractivity (Wildman–Crippen MR) is 119 cm³/mol. The fourth-order valence-electron chi connectivity index (χ4n) is 3.44. The van der Waals surface area contributed by atoms with Crippen LogP contribution in [0.3, 0.4) is 0 Å². The van der Waals surface area contributed by atoms with Crippen LogP contribution in [0.1, 0.15) is 91.4 Å². The second kappa shape index (κ2) is 14.7. The minimum atomic E-state index is -0.545. The molecule has 0 atom stereocenters. The third-order valence-corrected chi connectivity index (χ3v) is 4.99. The van der Waals surface area contributed by atoms with Gasteiger partial charge in [-0.2, -0.15) is 5.26 Å². The van der Waals surface area contributed by atoms with Crippen LogP contribution in [-0.4, -0.2) is 36.7 Å². The van der Waals surface area contributed by atoms with Crippen molar-refractivity contribution in [3.8, 4) is 6.07 Å². The molecular weight excluding hydrogens is 380 g/mol. The van der Waals surface area contributed by atoms with E-state index in [0.717, 1.165) is 25.7 Å². The highest BCUT2D eigenvalue weighted by Gasteiger charge is 2.17. The number of rotatable bonds is 6. The van der Waals surface area contributed by atoms with Gasteiger partial charge in [0.1, 0.15) is 17.2 Å². The molecule has 0 saturated heterocycles. The van der Waals surface area contributed by atoms with Gasteiger partial charge in [0.2, 0.25) is 0 Å². The van der Waals surface area contributed by atoms with Crippen LogP contribution in [-0.2, 0) is 9.53 Å². The molecule has 2 amide bonds. The van der Waals surface area contributed by atoms with Crippen molar-refractivity contribution in [2.45, 2.75) is 103 Å². The average molecular weight is 421 g/mol. The molecular formula is C23H40N4O3. The van der Waals surface area contributed by atoms with Crippen LogP contribution in [0.5, 0.6) is 0 Å². The topological polar surface area (TPSA) is 103 Å². The number of alkyl carbamates (subject to hydrolysis) is 1. The molecule has 0 spiro atoms. The fourth-order valence-corrected chi connectivity index (χ4v) is 3.44. The van der Waals surface area contributed by atoms with Crippen LogP contribution < -0.4 is 16.0 Å². The molecule has 0 aromatic heterocycles. The lowest BCUT2D eigenvalue weighted by Crippen LogP contribution is -2.37. The highest BCUT2D eigenvalue weighted by molar-refractivity contribution is 5.97. The van der Waals surface area contributed by atoms with Gasteiger partial charge in [-0.1, -0.05) is 57.8 Å². The van der Waals surface area contributed by atoms with E-state index in [0.29, 0.717) is 13.1 Å². The number of nitrogens with one attached hydrogen (secondary N) is 3. The molecule has 30 heavy (non-hydrogen) atoms. The van der Waals surface area contributed by atoms with Crippen LogP contribution >= 0.6 is 0 Å². The van der Waals surface area contributed by atoms with Gasteiger partial charge in [-0.25, -0.2) is 4.79 Å². The molecule has 1 rings (SSSR count). The molecule has 7 heteroatoms. The number of carbonyl (C=O) groups is 2. The smallest absolute Gasteiger partial charge is 0.407 e. The molecule has 0 aliphatic heterocycles. The molecule has 0 unspecified atom stereocenters. The summed E-state index contributed by atoms with van der Waals surface area (Å²) in [7, 11) is 0. The second-order valence-corrected chi connectivity index (χ2v) is 8.98. The van der Waals surface area contributed by atoms with Gasteiger partial charge in [0.25, 0.3) is 5.91 Å². The first-order chi connectivity index (χ1) is 14.3. The van der Waals surface area contributed by atoms with Crippen molar-refractivity contribution < 1.29 is 14.3 Å². The number of hydrogen-bond acceptors (Lipinski definition) is 5. The van der Waals surface area contributed by atoms with E-state index in [4.69, 9.17) is 4.74 Å². The Balaban J connectivity index is 2.41. The van der Waals surface area contributed by atoms with Crippen LogP contribution in [0.25, 0.3) is 0 Å². The summed E-state index contributed by atoms with van der Waals surface area (Å²) >= 11 is 0. The molecule has 1 aliphatic rings. The maximum Gasteiger partial charge on any atom is 0.407 e. The Labute approximate surface area is 182 Å². The number of hydrogen-bond donors (Lipinski definition) is 3. The van der Waals surface area contributed by atoms with E-state index in [1.165, 1.54) is 51.1 Å². The molecule has 1 aliphatic carbocycles. The third-order valence-electron chi connectivity index (χ3n) is 4.99. The van der Waals surface area contributed by atoms with E-state index in [1.54, 1.807) is 20.8 Å². The maximum atomic E-state index is 12.5. The van der Waals surface area contributed by atoms with Gasteiger partial charge >= 0.3 is 6.09 Å². The van der Waals surface area contributed by atoms with Crippen molar-refractivity contribution in [1.29, 1.82) is 5.26 Å². The normalized spacial score (nSPS) is 17.6. The van der Waals surface area contributed by atoms with Gasteiger partial charge < -0.3 is 20.7 Å². The van der Waals surface area contributed by atoms with E-state index in [1.807, 2.05) is 6.07 Å². The molecule has 0 aromatic rings. The summed E-state index contributed by atoms with van der Waals surface area (Å²) in [6, 6.07) is 2.09. The summed E-state index contributed by atoms with van der Waals surface area (Å²) in [5, 5.41) is 17.9. The highest BCUT2D eigenvalue weighted by atomic mass is 16.6. The summed E-state index contributed by atoms with van der Waals surface area (Å²) in [5.74, 6) is -0.331. The molecule has 1 fully saturated rings. The number of amides is 2. The minimum absolute atomic E-state index is 0.0541. The van der Waals surface area contributed by atoms with Crippen molar-refractivity contribution in [1.82, 2.24) is 16.0 Å². The molecule has 0 heterocycles. The quantitative estimate of drug-likeness (QED) is 0.338. The Hall–Kier alpha value is -2.23. The van der Waals surface area contributed by atoms with Gasteiger partial charge in [0, 0.05) is 25.3 Å². The summed E-state index contributed by atoms with van der Waals surface area (Å²) in [5.41, 5.74) is -0.491. The lowest BCUT2D eigenvalue weighted by Gasteiger charge is -2.20. The number of nitriles is 1. The van der Waals surface area contributed by atoms with Crippen molar-refractivity contribution in [3.05, 3.63) is 11.8 Å². The largest absolute Gasteiger partial charge is 0.444 e. The predicted octanol–water partition coefficient (Wildman–Crippen LogP) is 4.30. The SMILES string of the molecule is CC(C)(C)OC(=O)NCCN/C=C(/C#N)C(=O)NC1CCCCCCCCCCC1. The van der Waals surface area contributed by atoms with E-state index in [9.17, 15) is 14.9 Å². The van der Waals surface area contributed by atoms with Crippen LogP contribution in [0.4, 0.5) is 4.79 Å². The standard InChI is InChI=1S/C23H40N4O3/c1-23(2,3)30-22(29)26-16-15-25-18-19(17-24)21(28)27-20-13-11-9-7-5-4-6-8-10-12-14-20/h18,20,25H,4-16H2,1-3H3,(H,26,29)(H,27,28)/b19-18-. The van der Waals surface area contributed by atoms with Gasteiger partial charge in [-0.3, -0.25) is 4.79 Å². The van der Waals surface area contributed by atoms with Gasteiger partial charge in [-0.05, 0) is 33.6 Å². The molecule has 0 bridgehead atoms. The summed E-state index contributed by atoms with van der Waals surface area (Å²) in [6.07, 6.45) is 14.0. The van der Waals surface area contributed by atoms with E-state index in [-0.39, 0.29) is 17.5 Å². The zero-order valence-corrected chi connectivity index (χ0v) is 19.0. The van der Waals surface area contributed by atoms with Crippen molar-refractivity contribution in [3.63, 3.8) is 0 Å². The van der Waals surface area contributed by atoms with E-state index >= 15 is 0 Å². The molecule has 1 saturated carbocycles. The number of carbonyl (C=O) groups excluding carboxylic acids is 2. The Morgan fingerprint density at radius 1 is 0.967 bits per heavy atom. The number of ether oxygens (including phenoxy) is 1. The van der Waals surface area contributed by atoms with Crippen molar-refractivity contribution in [2.75, 3.05) is 13.1 Å². The monoisotopic (exact) mass is 420 g/mol. The summed E-state index contributed by atoms with van der Waals surface area (Å²) < 4.78 is 5.15. The van der Waals surface area contributed by atoms with Crippen LogP contribution in [0.2, 0.25) is 0 Å². The Kier molecular flexibility index (Phi) is 12.6. The maximum absolute atomic E-state index is 12.5. The van der Waals surface area contributed by atoms with E-state index < -0.39 is 11.7 Å². The first-order valence-electron chi connectivity index (χ1n) is 11.4. The average Bonchev–Trinajstić information content (AvgIpc) is 2.65. The fraction of sp³-hybridized carbons (Fsp3) is 0.783. The molecule has 0 aromatic carbocycles. The zero-order chi connectivity index (χ0) is 22.2. The van der Waals surface area contributed by atoms with Crippen molar-refractivity contribution in [2.24, 2.45) is 0 Å². The first-order valence-corrected chi connectivity index (χ1v) is 11.4. The number of nitrogens with zero attached hydrogens (tertiary/aromatic N) is 1. The minimum Gasteiger partial charge on any atom is -0.444 e. The van der Waals surface area contributed by atoms with Gasteiger partial charge in [0.15, 0.2) is 0 Å². The molecule has 170 valence electrons.